The summed E-state index contributed by atoms with van der Waals surface area (Å²) in [6, 6.07) is 25.7. The fraction of sp³-hybridized carbons (Fsp3) is 0.400. The Balaban J connectivity index is 1.62. The van der Waals surface area contributed by atoms with E-state index in [4.69, 9.17) is 24.7 Å². The van der Waals surface area contributed by atoms with Crippen LogP contribution in [0, 0.1) is 11.8 Å². The number of aromatic nitrogens is 3. The predicted octanol–water partition coefficient (Wildman–Crippen LogP) is 8.42. The van der Waals surface area contributed by atoms with Crippen molar-refractivity contribution in [2.45, 2.75) is 96.4 Å². The van der Waals surface area contributed by atoms with Crippen molar-refractivity contribution in [2.24, 2.45) is 22.7 Å². The second-order valence-electron chi connectivity index (χ2n) is 16.6. The Morgan fingerprint density at radius 2 is 1.43 bits per heavy atom. The van der Waals surface area contributed by atoms with Crippen LogP contribution in [-0.2, 0) is 34.1 Å². The van der Waals surface area contributed by atoms with Crippen LogP contribution in [0.4, 0.5) is 10.6 Å². The lowest BCUT2D eigenvalue weighted by Crippen LogP contribution is -2.49. The van der Waals surface area contributed by atoms with E-state index in [1.54, 1.807) is 40.8 Å². The lowest BCUT2D eigenvalue weighted by molar-refractivity contribution is -0.170. The van der Waals surface area contributed by atoms with E-state index >= 15 is 0 Å². The third-order valence-corrected chi connectivity index (χ3v) is 10.3. The zero-order chi connectivity index (χ0) is 43.2. The lowest BCUT2D eigenvalue weighted by Gasteiger charge is -2.39. The number of aromatic amines is 1. The van der Waals surface area contributed by atoms with E-state index in [1.165, 1.54) is 11.2 Å². The number of ether oxygens (including phenoxy) is 4. The highest BCUT2D eigenvalue weighted by molar-refractivity contribution is 5.88. The molecule has 0 unspecified atom stereocenters. The number of esters is 2. The Labute approximate surface area is 349 Å². The highest BCUT2D eigenvalue weighted by Gasteiger charge is 2.58. The number of azide groups is 1. The summed E-state index contributed by atoms with van der Waals surface area (Å²) in [4.78, 5) is 58.9. The molecule has 15 nitrogen and oxygen atoms in total. The number of H-pyrrole nitrogens is 1. The Morgan fingerprint density at radius 1 is 0.867 bits per heavy atom. The Morgan fingerprint density at radius 3 is 1.93 bits per heavy atom. The second-order valence-corrected chi connectivity index (χ2v) is 16.6. The first-order valence-electron chi connectivity index (χ1n) is 20.0. The van der Waals surface area contributed by atoms with Gasteiger partial charge in [0.1, 0.15) is 35.7 Å². The zero-order valence-corrected chi connectivity index (χ0v) is 34.9. The van der Waals surface area contributed by atoms with Gasteiger partial charge in [-0.3, -0.25) is 14.5 Å². The number of carbonyl (C=O) groups excluding carboxylic acids is 3. The van der Waals surface area contributed by atoms with Crippen LogP contribution in [0.15, 0.2) is 109 Å². The minimum absolute atomic E-state index is 0.00380. The number of nitrogens with zero attached hydrogens (tertiary/aromatic N) is 6. The number of nitrogens with two attached hydrogens (primary N) is 1. The van der Waals surface area contributed by atoms with Crippen molar-refractivity contribution in [3.63, 3.8) is 0 Å². The molecule has 3 heterocycles. The van der Waals surface area contributed by atoms with Gasteiger partial charge in [0.25, 0.3) is 0 Å². The molecule has 5 aromatic rings. The fourth-order valence-electron chi connectivity index (χ4n) is 7.55. The summed E-state index contributed by atoms with van der Waals surface area (Å²) >= 11 is 0. The number of carbonyl (C=O) groups is 3. The van der Waals surface area contributed by atoms with E-state index in [9.17, 15) is 19.9 Å². The molecule has 0 saturated carbocycles. The molecule has 314 valence electrons. The van der Waals surface area contributed by atoms with Gasteiger partial charge in [0.2, 0.25) is 0 Å². The molecule has 1 aliphatic heterocycles. The van der Waals surface area contributed by atoms with Crippen LogP contribution in [0.25, 0.3) is 21.5 Å². The summed E-state index contributed by atoms with van der Waals surface area (Å²) in [5.41, 5.74) is 16.7. The van der Waals surface area contributed by atoms with E-state index in [2.05, 4.69) is 25.0 Å². The first-order chi connectivity index (χ1) is 28.7. The summed E-state index contributed by atoms with van der Waals surface area (Å²) in [5.74, 6) is -1.76. The molecular formula is C45H52N8O7. The predicted molar refractivity (Wildman–Crippen MR) is 224 cm³/mol. The molecule has 0 radical (unpaired) electrons. The Bertz CT molecular complexity index is 2210. The highest BCUT2D eigenvalue weighted by Crippen LogP contribution is 2.47. The SMILES string of the molecule is CC(C)CC(=O)O[C@H]1[C@@H](OC(=O)[C@@H](N)C(C)C)[C@H](c2c[nH]c3c(N=[N+]=[N-])ncnc23)N(C(=O)OC(C)(C)C)[C@@H]1COC(c1ccccc1)(c1ccccc1)c1ccccc1. The number of likely N-dealkylation sites (tertiary alicyclic amines) is 1. The van der Waals surface area contributed by atoms with Gasteiger partial charge >= 0.3 is 18.0 Å². The third-order valence-electron chi connectivity index (χ3n) is 10.3. The molecule has 5 atom stereocenters. The van der Waals surface area contributed by atoms with E-state index < -0.39 is 59.6 Å². The molecule has 1 amide bonds. The van der Waals surface area contributed by atoms with E-state index in [-0.39, 0.29) is 41.7 Å². The van der Waals surface area contributed by atoms with Gasteiger partial charge in [-0.25, -0.2) is 14.8 Å². The van der Waals surface area contributed by atoms with Crippen molar-refractivity contribution in [3.8, 4) is 0 Å². The molecule has 2 aromatic heterocycles. The molecule has 3 N–H and O–H groups in total. The van der Waals surface area contributed by atoms with Gasteiger partial charge in [-0.1, -0.05) is 119 Å². The number of nitrogens with one attached hydrogen (secondary N) is 1. The summed E-state index contributed by atoms with van der Waals surface area (Å²) in [6.45, 7) is 12.3. The lowest BCUT2D eigenvalue weighted by atomic mass is 9.80. The first kappa shape index (κ1) is 43.3. The number of hydrogen-bond acceptors (Lipinski definition) is 11. The van der Waals surface area contributed by atoms with Crippen molar-refractivity contribution in [1.82, 2.24) is 19.9 Å². The van der Waals surface area contributed by atoms with E-state index in [1.807, 2.05) is 105 Å². The quantitative estimate of drug-likeness (QED) is 0.0273. The van der Waals surface area contributed by atoms with Crippen molar-refractivity contribution in [1.29, 1.82) is 0 Å². The van der Waals surface area contributed by atoms with Crippen LogP contribution in [0.5, 0.6) is 0 Å². The molecule has 60 heavy (non-hydrogen) atoms. The molecule has 1 fully saturated rings. The third kappa shape index (κ3) is 9.13. The summed E-state index contributed by atoms with van der Waals surface area (Å²) in [6.07, 6.45) is -0.664. The van der Waals surface area contributed by atoms with Gasteiger partial charge < -0.3 is 29.7 Å². The molecule has 1 saturated heterocycles. The monoisotopic (exact) mass is 816 g/mol. The van der Waals surface area contributed by atoms with Gasteiger partial charge in [0.15, 0.2) is 18.0 Å². The van der Waals surface area contributed by atoms with Crippen molar-refractivity contribution >= 4 is 34.9 Å². The van der Waals surface area contributed by atoms with Crippen LogP contribution in [-0.4, -0.2) is 74.4 Å². The highest BCUT2D eigenvalue weighted by atomic mass is 16.6. The van der Waals surface area contributed by atoms with E-state index in [0.717, 1.165) is 16.7 Å². The largest absolute Gasteiger partial charge is 0.456 e. The van der Waals surface area contributed by atoms with Gasteiger partial charge in [-0.15, -0.1) is 0 Å². The summed E-state index contributed by atoms with van der Waals surface area (Å²) < 4.78 is 26.2. The normalized spacial score (nSPS) is 18.6. The minimum Gasteiger partial charge on any atom is -0.456 e. The fourth-order valence-corrected chi connectivity index (χ4v) is 7.55. The molecule has 0 spiro atoms. The zero-order valence-electron chi connectivity index (χ0n) is 34.9. The van der Waals surface area contributed by atoms with Gasteiger partial charge in [-0.2, -0.15) is 0 Å². The van der Waals surface area contributed by atoms with Crippen LogP contribution in [0.3, 0.4) is 0 Å². The van der Waals surface area contributed by atoms with Crippen LogP contribution >= 0.6 is 0 Å². The number of rotatable bonds is 14. The number of fused-ring (bicyclic) bond motifs is 1. The van der Waals surface area contributed by atoms with Crippen molar-refractivity contribution in [2.75, 3.05) is 6.61 Å². The number of hydrogen-bond donors (Lipinski definition) is 2. The minimum atomic E-state index is -1.36. The molecule has 1 aliphatic rings. The van der Waals surface area contributed by atoms with Crippen molar-refractivity contribution < 1.29 is 33.3 Å². The van der Waals surface area contributed by atoms with E-state index in [0.29, 0.717) is 5.56 Å². The smallest absolute Gasteiger partial charge is 0.411 e. The van der Waals surface area contributed by atoms with Crippen LogP contribution < -0.4 is 5.73 Å². The first-order valence-corrected chi connectivity index (χ1v) is 20.0. The molecule has 6 rings (SSSR count). The number of amides is 1. The summed E-state index contributed by atoms with van der Waals surface area (Å²) in [5, 5.41) is 3.73. The molecule has 15 heteroatoms. The maximum Gasteiger partial charge on any atom is 0.411 e. The maximum absolute atomic E-state index is 14.9. The molecule has 3 aromatic carbocycles. The summed E-state index contributed by atoms with van der Waals surface area (Å²) in [7, 11) is 0. The van der Waals surface area contributed by atoms with Gasteiger partial charge in [0.05, 0.1) is 17.6 Å². The van der Waals surface area contributed by atoms with Crippen molar-refractivity contribution in [3.05, 3.63) is 136 Å². The second kappa shape index (κ2) is 18.3. The molecular weight excluding hydrogens is 765 g/mol. The maximum atomic E-state index is 14.9. The Kier molecular flexibility index (Phi) is 13.2. The molecule has 0 bridgehead atoms. The average molecular weight is 817 g/mol. The number of benzene rings is 3. The average Bonchev–Trinajstić information content (AvgIpc) is 3.77. The molecule has 0 aliphatic carbocycles. The topological polar surface area (TPSA) is 208 Å². The van der Waals surface area contributed by atoms with Gasteiger partial charge in [-0.05, 0) is 59.9 Å². The van der Waals surface area contributed by atoms with Gasteiger partial charge in [0, 0.05) is 23.1 Å². The van der Waals surface area contributed by atoms with Crippen LogP contribution in [0.1, 0.15) is 83.2 Å². The van der Waals surface area contributed by atoms with Crippen LogP contribution in [0.2, 0.25) is 0 Å². The standard InChI is InChI=1S/C45H52N8O7/c1-27(2)23-34(54)58-39-33(25-57-45(29-17-11-8-12-18-29,30-19-13-9-14-20-30)31-21-15-10-16-22-31)53(43(56)60-44(5,6)7)38(40(39)59-42(55)35(46)28(3)4)32-24-48-37-36(32)49-26-50-41(37)51-52-47/h8-22,24,26-28,33,35,38-40,48H,23,25,46H2,1-7H3/t33-,35+,38+,39-,40+/m1/s1. The Hall–Kier alpha value is -6.28.